The highest BCUT2D eigenvalue weighted by atomic mass is 19.1. The summed E-state index contributed by atoms with van der Waals surface area (Å²) in [6.45, 7) is 2.14. The summed E-state index contributed by atoms with van der Waals surface area (Å²) in [7, 11) is 1.31. The van der Waals surface area contributed by atoms with Gasteiger partial charge >= 0.3 is 6.09 Å². The maximum absolute atomic E-state index is 14.1. The zero-order chi connectivity index (χ0) is 17.1. The largest absolute Gasteiger partial charge is 0.453 e. The van der Waals surface area contributed by atoms with Gasteiger partial charge in [0.15, 0.2) is 0 Å². The van der Waals surface area contributed by atoms with E-state index in [1.54, 1.807) is 18.2 Å². The molecular formula is C18H18FN3O2. The Kier molecular flexibility index (Phi) is 4.46. The Morgan fingerprint density at radius 3 is 2.71 bits per heavy atom. The highest BCUT2D eigenvalue weighted by molar-refractivity contribution is 5.76. The molecule has 1 amide bonds. The van der Waals surface area contributed by atoms with Gasteiger partial charge in [0.1, 0.15) is 11.6 Å². The first-order valence-electron chi connectivity index (χ1n) is 7.63. The fourth-order valence-electron chi connectivity index (χ4n) is 2.69. The number of carbonyl (C=O) groups excluding carboxylic acids is 1. The van der Waals surface area contributed by atoms with Gasteiger partial charge in [0.05, 0.1) is 30.7 Å². The lowest BCUT2D eigenvalue weighted by molar-refractivity contribution is 0.167. The Morgan fingerprint density at radius 1 is 1.25 bits per heavy atom. The molecule has 0 bridgehead atoms. The summed E-state index contributed by atoms with van der Waals surface area (Å²) in [4.78, 5) is 16.1. The van der Waals surface area contributed by atoms with Crippen LogP contribution in [-0.2, 0) is 11.3 Å². The number of halogens is 1. The molecule has 0 radical (unpaired) electrons. The standard InChI is InChI=1S/C18H18FN3O2/c1-12(20-18(23)24-2)17-21-15-9-5-6-10-16(15)22(17)11-13-7-3-4-8-14(13)19/h3-10,12H,11H2,1-2H3,(H,20,23). The fraction of sp³-hybridized carbons (Fsp3) is 0.222. The number of nitrogens with zero attached hydrogens (tertiary/aromatic N) is 2. The van der Waals surface area contributed by atoms with Crippen LogP contribution < -0.4 is 5.32 Å². The number of methoxy groups -OCH3 is 1. The van der Waals surface area contributed by atoms with Crippen molar-refractivity contribution < 1.29 is 13.9 Å². The lowest BCUT2D eigenvalue weighted by Crippen LogP contribution is -2.28. The average molecular weight is 327 g/mol. The Morgan fingerprint density at radius 2 is 1.96 bits per heavy atom. The number of para-hydroxylation sites is 2. The van der Waals surface area contributed by atoms with Gasteiger partial charge in [-0.2, -0.15) is 0 Å². The third-order valence-electron chi connectivity index (χ3n) is 3.88. The van der Waals surface area contributed by atoms with Crippen molar-refractivity contribution in [2.75, 3.05) is 7.11 Å². The van der Waals surface area contributed by atoms with E-state index >= 15 is 0 Å². The lowest BCUT2D eigenvalue weighted by atomic mass is 10.2. The summed E-state index contributed by atoms with van der Waals surface area (Å²) < 4.78 is 20.6. The molecule has 0 saturated carbocycles. The molecule has 3 aromatic rings. The molecular weight excluding hydrogens is 309 g/mol. The Labute approximate surface area is 139 Å². The normalized spacial score (nSPS) is 12.1. The van der Waals surface area contributed by atoms with Crippen LogP contribution in [0.5, 0.6) is 0 Å². The molecule has 0 spiro atoms. The number of imidazole rings is 1. The minimum absolute atomic E-state index is 0.269. The number of rotatable bonds is 4. The SMILES string of the molecule is COC(=O)NC(C)c1nc2ccccc2n1Cc1ccccc1F. The predicted octanol–water partition coefficient (Wildman–Crippen LogP) is 3.64. The molecule has 0 aliphatic carbocycles. The van der Waals surface area contributed by atoms with Gasteiger partial charge in [0.25, 0.3) is 0 Å². The second-order valence-corrected chi connectivity index (χ2v) is 5.49. The number of carbonyl (C=O) groups is 1. The van der Waals surface area contributed by atoms with Crippen LogP contribution in [0, 0.1) is 5.82 Å². The molecule has 1 atom stereocenters. The van der Waals surface area contributed by atoms with Gasteiger partial charge in [-0.15, -0.1) is 0 Å². The Bertz CT molecular complexity index is 876. The number of ether oxygens (including phenoxy) is 1. The predicted molar refractivity (Wildman–Crippen MR) is 89.2 cm³/mol. The maximum atomic E-state index is 14.1. The molecule has 2 aromatic carbocycles. The van der Waals surface area contributed by atoms with E-state index in [1.165, 1.54) is 13.2 Å². The molecule has 0 aliphatic heterocycles. The first-order valence-corrected chi connectivity index (χ1v) is 7.63. The zero-order valence-electron chi connectivity index (χ0n) is 13.5. The number of nitrogens with one attached hydrogen (secondary N) is 1. The topological polar surface area (TPSA) is 56.1 Å². The van der Waals surface area contributed by atoms with Gasteiger partial charge < -0.3 is 14.6 Å². The van der Waals surface area contributed by atoms with Crippen LogP contribution in [0.1, 0.15) is 24.4 Å². The lowest BCUT2D eigenvalue weighted by Gasteiger charge is -2.16. The monoisotopic (exact) mass is 327 g/mol. The summed E-state index contributed by atoms with van der Waals surface area (Å²) in [6.07, 6.45) is -0.535. The average Bonchev–Trinajstić information content (AvgIpc) is 2.95. The van der Waals surface area contributed by atoms with Crippen LogP contribution in [0.25, 0.3) is 11.0 Å². The first kappa shape index (κ1) is 16.0. The molecule has 1 aromatic heterocycles. The second kappa shape index (κ2) is 6.70. The number of hydrogen-bond acceptors (Lipinski definition) is 3. The third-order valence-corrected chi connectivity index (χ3v) is 3.88. The van der Waals surface area contributed by atoms with Gasteiger partial charge in [-0.05, 0) is 25.1 Å². The number of benzene rings is 2. The van der Waals surface area contributed by atoms with Gasteiger partial charge in [0, 0.05) is 5.56 Å². The number of aromatic nitrogens is 2. The number of amides is 1. The van der Waals surface area contributed by atoms with E-state index in [9.17, 15) is 9.18 Å². The summed E-state index contributed by atoms with van der Waals surface area (Å²) in [6, 6.07) is 13.9. The molecule has 3 rings (SSSR count). The molecule has 0 aliphatic rings. The van der Waals surface area contributed by atoms with Crippen molar-refractivity contribution in [1.82, 2.24) is 14.9 Å². The molecule has 0 fully saturated rings. The van der Waals surface area contributed by atoms with Crippen molar-refractivity contribution >= 4 is 17.1 Å². The van der Waals surface area contributed by atoms with Crippen LogP contribution in [0.15, 0.2) is 48.5 Å². The summed E-state index contributed by atoms with van der Waals surface area (Å²) >= 11 is 0. The van der Waals surface area contributed by atoms with Crippen LogP contribution in [-0.4, -0.2) is 22.8 Å². The van der Waals surface area contributed by atoms with Gasteiger partial charge in [-0.25, -0.2) is 14.2 Å². The number of fused-ring (bicyclic) bond motifs is 1. The summed E-state index contributed by atoms with van der Waals surface area (Å²) in [5.41, 5.74) is 2.24. The van der Waals surface area contributed by atoms with E-state index in [0.717, 1.165) is 11.0 Å². The highest BCUT2D eigenvalue weighted by Gasteiger charge is 2.19. The van der Waals surface area contributed by atoms with Crippen LogP contribution >= 0.6 is 0 Å². The minimum atomic E-state index is -0.535. The minimum Gasteiger partial charge on any atom is -0.453 e. The van der Waals surface area contributed by atoms with E-state index in [1.807, 2.05) is 35.8 Å². The highest BCUT2D eigenvalue weighted by Crippen LogP contribution is 2.23. The van der Waals surface area contributed by atoms with E-state index in [-0.39, 0.29) is 11.9 Å². The van der Waals surface area contributed by atoms with Crippen molar-refractivity contribution in [2.24, 2.45) is 0 Å². The van der Waals surface area contributed by atoms with Crippen molar-refractivity contribution in [3.63, 3.8) is 0 Å². The zero-order valence-corrected chi connectivity index (χ0v) is 13.5. The van der Waals surface area contributed by atoms with Gasteiger partial charge in [-0.3, -0.25) is 0 Å². The van der Waals surface area contributed by atoms with Crippen LogP contribution in [0.4, 0.5) is 9.18 Å². The third kappa shape index (κ3) is 3.08. The summed E-state index contributed by atoms with van der Waals surface area (Å²) in [5, 5.41) is 2.71. The van der Waals surface area contributed by atoms with Crippen LogP contribution in [0.2, 0.25) is 0 Å². The molecule has 24 heavy (non-hydrogen) atoms. The molecule has 1 N–H and O–H groups in total. The van der Waals surface area contributed by atoms with E-state index < -0.39 is 6.09 Å². The van der Waals surface area contributed by atoms with Crippen molar-refractivity contribution in [1.29, 1.82) is 0 Å². The fourth-order valence-corrected chi connectivity index (χ4v) is 2.69. The molecule has 124 valence electrons. The molecule has 0 saturated heterocycles. The van der Waals surface area contributed by atoms with Gasteiger partial charge in [0.2, 0.25) is 0 Å². The second-order valence-electron chi connectivity index (χ2n) is 5.49. The number of alkyl carbamates (subject to hydrolysis) is 1. The van der Waals surface area contributed by atoms with E-state index in [0.29, 0.717) is 17.9 Å². The maximum Gasteiger partial charge on any atom is 0.407 e. The number of hydrogen-bond donors (Lipinski definition) is 1. The first-order chi connectivity index (χ1) is 11.6. The van der Waals surface area contributed by atoms with Gasteiger partial charge in [-0.1, -0.05) is 30.3 Å². The Balaban J connectivity index is 2.05. The summed E-state index contributed by atoms with van der Waals surface area (Å²) in [5.74, 6) is 0.375. The Hall–Kier alpha value is -2.89. The smallest absolute Gasteiger partial charge is 0.407 e. The molecule has 5 nitrogen and oxygen atoms in total. The van der Waals surface area contributed by atoms with Crippen LogP contribution in [0.3, 0.4) is 0 Å². The molecule has 6 heteroatoms. The molecule has 1 heterocycles. The van der Waals surface area contributed by atoms with Crippen molar-refractivity contribution in [3.05, 3.63) is 65.7 Å². The van der Waals surface area contributed by atoms with Crippen molar-refractivity contribution in [2.45, 2.75) is 19.5 Å². The molecule has 1 unspecified atom stereocenters. The quantitative estimate of drug-likeness (QED) is 0.796. The van der Waals surface area contributed by atoms with E-state index in [4.69, 9.17) is 0 Å². The van der Waals surface area contributed by atoms with E-state index in [2.05, 4.69) is 15.0 Å². The van der Waals surface area contributed by atoms with Crippen molar-refractivity contribution in [3.8, 4) is 0 Å².